The summed E-state index contributed by atoms with van der Waals surface area (Å²) >= 11 is 6.01. The second-order valence-electron chi connectivity index (χ2n) is 6.85. The van der Waals surface area contributed by atoms with Gasteiger partial charge in [0.2, 0.25) is 0 Å². The molecule has 0 fully saturated rings. The van der Waals surface area contributed by atoms with E-state index in [2.05, 4.69) is 5.32 Å². The number of benzene rings is 2. The lowest BCUT2D eigenvalue weighted by molar-refractivity contribution is -0.158. The normalized spacial score (nSPS) is 16.7. The van der Waals surface area contributed by atoms with Crippen molar-refractivity contribution < 1.29 is 19.1 Å². The highest BCUT2D eigenvalue weighted by atomic mass is 35.5. The van der Waals surface area contributed by atoms with Crippen molar-refractivity contribution >= 4 is 29.2 Å². The van der Waals surface area contributed by atoms with Gasteiger partial charge in [-0.05, 0) is 68.1 Å². The number of esters is 1. The number of amides is 1. The van der Waals surface area contributed by atoms with Crippen LogP contribution >= 0.6 is 11.6 Å². The number of aryl methyl sites for hydroxylation is 2. The molecule has 3 rings (SSSR count). The first kappa shape index (κ1) is 19.2. The molecule has 0 saturated heterocycles. The molecule has 0 aromatic heterocycles. The van der Waals surface area contributed by atoms with E-state index in [-0.39, 0.29) is 12.5 Å². The van der Waals surface area contributed by atoms with Crippen LogP contribution in [0.15, 0.2) is 36.4 Å². The number of halogens is 1. The highest BCUT2D eigenvalue weighted by Gasteiger charge is 2.30. The van der Waals surface area contributed by atoms with Gasteiger partial charge in [-0.25, -0.2) is 0 Å². The number of hydrogen-bond donors (Lipinski definition) is 1. The van der Waals surface area contributed by atoms with E-state index in [4.69, 9.17) is 21.1 Å². The Hall–Kier alpha value is -2.53. The second kappa shape index (κ2) is 8.01. The summed E-state index contributed by atoms with van der Waals surface area (Å²) in [6.07, 6.45) is -0.432. The summed E-state index contributed by atoms with van der Waals surface area (Å²) in [6.45, 7) is 5.64. The zero-order valence-electron chi connectivity index (χ0n) is 15.5. The van der Waals surface area contributed by atoms with Crippen LogP contribution in [-0.2, 0) is 20.7 Å². The number of carbonyl (C=O) groups is 2. The van der Waals surface area contributed by atoms with Crippen LogP contribution in [0.2, 0.25) is 5.02 Å². The maximum atomic E-state index is 12.5. The molecular formula is C21H22ClNO4. The molecule has 1 amide bonds. The summed E-state index contributed by atoms with van der Waals surface area (Å²) < 4.78 is 11.0. The molecule has 6 heteroatoms. The van der Waals surface area contributed by atoms with Gasteiger partial charge in [0.15, 0.2) is 6.10 Å². The zero-order valence-corrected chi connectivity index (χ0v) is 16.3. The summed E-state index contributed by atoms with van der Waals surface area (Å²) in [5.41, 5.74) is 3.56. The molecule has 1 N–H and O–H groups in total. The Kier molecular flexibility index (Phi) is 5.71. The fraction of sp³-hybridized carbons (Fsp3) is 0.333. The van der Waals surface area contributed by atoms with Crippen molar-refractivity contribution in [2.75, 3.05) is 11.9 Å². The van der Waals surface area contributed by atoms with E-state index in [0.29, 0.717) is 17.1 Å². The summed E-state index contributed by atoms with van der Waals surface area (Å²) in [4.78, 5) is 24.9. The van der Waals surface area contributed by atoms with Crippen molar-refractivity contribution in [2.24, 2.45) is 5.92 Å². The van der Waals surface area contributed by atoms with Gasteiger partial charge >= 0.3 is 5.97 Å². The van der Waals surface area contributed by atoms with E-state index in [1.807, 2.05) is 32.0 Å². The number of carbonyl (C=O) groups excluding carboxylic acids is 2. The molecule has 0 saturated carbocycles. The quantitative estimate of drug-likeness (QED) is 0.803. The number of anilines is 1. The smallest absolute Gasteiger partial charge is 0.313 e. The Bertz CT molecular complexity index is 880. The van der Waals surface area contributed by atoms with Gasteiger partial charge in [-0.1, -0.05) is 23.7 Å². The Balaban J connectivity index is 1.60. The number of nitrogens with one attached hydrogen (secondary N) is 1. The van der Waals surface area contributed by atoms with Crippen molar-refractivity contribution in [1.82, 2.24) is 0 Å². The number of ether oxygens (including phenoxy) is 2. The van der Waals surface area contributed by atoms with Gasteiger partial charge in [-0.3, -0.25) is 9.59 Å². The molecule has 1 aliphatic heterocycles. The van der Waals surface area contributed by atoms with E-state index in [1.54, 1.807) is 25.1 Å². The van der Waals surface area contributed by atoms with Crippen molar-refractivity contribution in [3.05, 3.63) is 58.1 Å². The molecule has 0 radical (unpaired) electrons. The molecule has 2 aromatic carbocycles. The monoisotopic (exact) mass is 387 g/mol. The van der Waals surface area contributed by atoms with Crippen LogP contribution in [-0.4, -0.2) is 24.6 Å². The highest BCUT2D eigenvalue weighted by molar-refractivity contribution is 6.30. The minimum absolute atomic E-state index is 0.221. The fourth-order valence-electron chi connectivity index (χ4n) is 2.94. The summed E-state index contributed by atoms with van der Waals surface area (Å²) in [7, 11) is 0. The molecule has 5 nitrogen and oxygen atoms in total. The summed E-state index contributed by atoms with van der Waals surface area (Å²) in [6, 6.07) is 11.1. The molecule has 0 aliphatic carbocycles. The zero-order chi connectivity index (χ0) is 19.6. The fourth-order valence-corrected chi connectivity index (χ4v) is 3.14. The molecule has 27 heavy (non-hydrogen) atoms. The summed E-state index contributed by atoms with van der Waals surface area (Å²) in [5, 5.41) is 3.41. The third-order valence-electron chi connectivity index (χ3n) is 4.58. The van der Waals surface area contributed by atoms with E-state index >= 15 is 0 Å². The topological polar surface area (TPSA) is 64.6 Å². The molecular weight excluding hydrogens is 366 g/mol. The molecule has 0 spiro atoms. The molecule has 2 atom stereocenters. The number of fused-ring (bicyclic) bond motifs is 1. The summed E-state index contributed by atoms with van der Waals surface area (Å²) in [5.74, 6) is -0.558. The largest absolute Gasteiger partial charge is 0.492 e. The van der Waals surface area contributed by atoms with Crippen LogP contribution in [0.5, 0.6) is 5.75 Å². The molecule has 142 valence electrons. The first-order chi connectivity index (χ1) is 12.8. The van der Waals surface area contributed by atoms with Gasteiger partial charge in [-0.2, -0.15) is 0 Å². The van der Waals surface area contributed by atoms with Crippen molar-refractivity contribution in [2.45, 2.75) is 33.3 Å². The van der Waals surface area contributed by atoms with Gasteiger partial charge < -0.3 is 14.8 Å². The average Bonchev–Trinajstić information content (AvgIpc) is 2.63. The van der Waals surface area contributed by atoms with Crippen LogP contribution in [0.1, 0.15) is 23.6 Å². The molecule has 2 aromatic rings. The van der Waals surface area contributed by atoms with Gasteiger partial charge in [-0.15, -0.1) is 0 Å². The molecule has 0 bridgehead atoms. The lowest BCUT2D eigenvalue weighted by atomic mass is 9.97. The average molecular weight is 388 g/mol. The van der Waals surface area contributed by atoms with E-state index in [0.717, 1.165) is 22.4 Å². The number of hydrogen-bond acceptors (Lipinski definition) is 4. The second-order valence-corrected chi connectivity index (χ2v) is 7.29. The minimum atomic E-state index is -0.904. The van der Waals surface area contributed by atoms with Crippen LogP contribution in [0.3, 0.4) is 0 Å². The maximum absolute atomic E-state index is 12.5. The minimum Gasteiger partial charge on any atom is -0.492 e. The Morgan fingerprint density at radius 1 is 1.22 bits per heavy atom. The lowest BCUT2D eigenvalue weighted by Crippen LogP contribution is -2.36. The van der Waals surface area contributed by atoms with Crippen LogP contribution in [0, 0.1) is 19.8 Å². The first-order valence-electron chi connectivity index (χ1n) is 8.83. The third-order valence-corrected chi connectivity index (χ3v) is 4.81. The van der Waals surface area contributed by atoms with Crippen LogP contribution in [0.4, 0.5) is 5.69 Å². The molecule has 1 heterocycles. The predicted molar refractivity (Wildman–Crippen MR) is 104 cm³/mol. The number of rotatable bonds is 4. The standard InChI is InChI=1S/C21H22ClNO4/c1-12-4-5-13(2)18(8-12)23-20(24)14(3)27-21(25)16-9-15-10-17(22)6-7-19(15)26-11-16/h4-8,10,14,16H,9,11H2,1-3H3,(H,23,24)/t14-,16-/m1/s1. The van der Waals surface area contributed by atoms with Gasteiger partial charge in [0.05, 0.1) is 5.92 Å². The highest BCUT2D eigenvalue weighted by Crippen LogP contribution is 2.30. The first-order valence-corrected chi connectivity index (χ1v) is 9.21. The SMILES string of the molecule is Cc1ccc(C)c(NC(=O)[C@@H](C)OC(=O)[C@H]2COc3ccc(Cl)cc3C2)c1. The van der Waals surface area contributed by atoms with E-state index in [1.165, 1.54) is 0 Å². The van der Waals surface area contributed by atoms with Crippen molar-refractivity contribution in [1.29, 1.82) is 0 Å². The van der Waals surface area contributed by atoms with Crippen molar-refractivity contribution in [3.63, 3.8) is 0 Å². The van der Waals surface area contributed by atoms with Crippen LogP contribution < -0.4 is 10.1 Å². The predicted octanol–water partition coefficient (Wildman–Crippen LogP) is 4.08. The van der Waals surface area contributed by atoms with Gasteiger partial charge in [0.1, 0.15) is 12.4 Å². The Morgan fingerprint density at radius 2 is 2.00 bits per heavy atom. The third kappa shape index (κ3) is 4.61. The van der Waals surface area contributed by atoms with E-state index in [9.17, 15) is 9.59 Å². The molecule has 0 unspecified atom stereocenters. The van der Waals surface area contributed by atoms with Gasteiger partial charge in [0.25, 0.3) is 5.91 Å². The van der Waals surface area contributed by atoms with Crippen LogP contribution in [0.25, 0.3) is 0 Å². The molecule has 1 aliphatic rings. The maximum Gasteiger partial charge on any atom is 0.313 e. The van der Waals surface area contributed by atoms with Crippen molar-refractivity contribution in [3.8, 4) is 5.75 Å². The lowest BCUT2D eigenvalue weighted by Gasteiger charge is -2.25. The Labute approximate surface area is 163 Å². The Morgan fingerprint density at radius 3 is 2.78 bits per heavy atom. The van der Waals surface area contributed by atoms with Gasteiger partial charge in [0, 0.05) is 10.7 Å². The van der Waals surface area contributed by atoms with E-state index < -0.39 is 18.0 Å².